The van der Waals surface area contributed by atoms with Gasteiger partial charge in [0.2, 0.25) is 0 Å². The van der Waals surface area contributed by atoms with Gasteiger partial charge in [-0.05, 0) is 0 Å². The van der Waals surface area contributed by atoms with Gasteiger partial charge >= 0.3 is 181 Å². The molecule has 0 aliphatic carbocycles. The first-order chi connectivity index (χ1) is 13.6. The number of rotatable bonds is 7. The molecule has 2 aromatic rings. The van der Waals surface area contributed by atoms with Crippen LogP contribution in [0.1, 0.15) is 53.1 Å². The topological polar surface area (TPSA) is 49.4 Å². The van der Waals surface area contributed by atoms with E-state index in [4.69, 9.17) is 0 Å². The van der Waals surface area contributed by atoms with Crippen molar-refractivity contribution in [3.63, 3.8) is 0 Å². The van der Waals surface area contributed by atoms with Crippen LogP contribution in [0.4, 0.5) is 0 Å². The van der Waals surface area contributed by atoms with Crippen molar-refractivity contribution < 1.29 is 9.59 Å². The number of hydrogen-bond donors (Lipinski definition) is 1. The summed E-state index contributed by atoms with van der Waals surface area (Å²) < 4.78 is 1.22. The fourth-order valence-electron chi connectivity index (χ4n) is 3.39. The van der Waals surface area contributed by atoms with Gasteiger partial charge in [-0.25, -0.2) is 0 Å². The van der Waals surface area contributed by atoms with E-state index in [1.165, 1.54) is 4.46 Å². The second kappa shape index (κ2) is 10.1. The zero-order valence-corrected chi connectivity index (χ0v) is 19.9. The first kappa shape index (κ1) is 23.2. The molecule has 0 aliphatic heterocycles. The molecule has 1 unspecified atom stereocenters. The molecule has 0 fully saturated rings. The Labute approximate surface area is 181 Å². The van der Waals surface area contributed by atoms with Crippen LogP contribution < -0.4 is 9.78 Å². The zero-order valence-electron chi connectivity index (χ0n) is 18.2. The Hall–Kier alpha value is -2.10. The van der Waals surface area contributed by atoms with Crippen LogP contribution in [-0.2, 0) is 9.59 Å². The van der Waals surface area contributed by atoms with Gasteiger partial charge in [0.1, 0.15) is 0 Å². The van der Waals surface area contributed by atoms with E-state index < -0.39 is 6.04 Å². The van der Waals surface area contributed by atoms with Crippen LogP contribution >= 0.6 is 0 Å². The molecule has 2 aromatic carbocycles. The van der Waals surface area contributed by atoms with Crippen molar-refractivity contribution >= 4 is 31.2 Å². The second-order valence-corrected chi connectivity index (χ2v) is 11.4. The fraction of sp³-hybridized carbons (Fsp3) is 0.417. The average Bonchev–Trinajstić information content (AvgIpc) is 2.65. The van der Waals surface area contributed by atoms with Crippen LogP contribution in [0.2, 0.25) is 4.82 Å². The number of nitrogens with one attached hydrogen (secondary N) is 1. The van der Waals surface area contributed by atoms with E-state index in [0.717, 1.165) is 5.56 Å². The summed E-state index contributed by atoms with van der Waals surface area (Å²) in [7, 11) is 0. The summed E-state index contributed by atoms with van der Waals surface area (Å²) in [5, 5.41) is 3.10. The third kappa shape index (κ3) is 6.73. The Kier molecular flexibility index (Phi) is 8.06. The third-order valence-electron chi connectivity index (χ3n) is 4.64. The standard InChI is InChI=1S/C24H32N2O2Se/c1-17(20-13-9-7-10-14-20)26(19(3)27)22(23(28)25-24(4,5)6)18(2)29-21-15-11-8-12-16-21/h7-18,22H,1-6H3,(H,25,28)/t17-,18-,22?/m0/s1. The molecule has 3 atom stereocenters. The Bertz CT molecular complexity index is 803. The van der Waals surface area contributed by atoms with E-state index in [1.54, 1.807) is 11.8 Å². The van der Waals surface area contributed by atoms with Crippen LogP contribution in [-0.4, -0.2) is 43.3 Å². The summed E-state index contributed by atoms with van der Waals surface area (Å²) >= 11 is 0.0469. The number of hydrogen-bond acceptors (Lipinski definition) is 2. The van der Waals surface area contributed by atoms with E-state index in [1.807, 2.05) is 76.2 Å². The van der Waals surface area contributed by atoms with E-state index in [-0.39, 0.29) is 43.2 Å². The molecular formula is C24H32N2O2Se. The van der Waals surface area contributed by atoms with Gasteiger partial charge in [-0.3, -0.25) is 0 Å². The quantitative estimate of drug-likeness (QED) is 0.642. The molecule has 156 valence electrons. The SMILES string of the molecule is CC(=O)N(C(C(=O)NC(C)(C)C)[C@H](C)[Se]c1ccccc1)[C@@H](C)c1ccccc1. The summed E-state index contributed by atoms with van der Waals surface area (Å²) in [6.45, 7) is 11.5. The van der Waals surface area contributed by atoms with Gasteiger partial charge in [0.25, 0.3) is 0 Å². The van der Waals surface area contributed by atoms with Crippen molar-refractivity contribution in [1.29, 1.82) is 0 Å². The van der Waals surface area contributed by atoms with E-state index in [9.17, 15) is 9.59 Å². The molecule has 0 aromatic heterocycles. The molecule has 0 aliphatic rings. The van der Waals surface area contributed by atoms with Crippen LogP contribution in [0.15, 0.2) is 60.7 Å². The van der Waals surface area contributed by atoms with Crippen molar-refractivity contribution in [3.8, 4) is 0 Å². The molecule has 29 heavy (non-hydrogen) atoms. The molecule has 0 radical (unpaired) electrons. The molecule has 5 heteroatoms. The van der Waals surface area contributed by atoms with Crippen molar-refractivity contribution in [1.82, 2.24) is 10.2 Å². The van der Waals surface area contributed by atoms with Gasteiger partial charge in [-0.2, -0.15) is 0 Å². The summed E-state index contributed by atoms with van der Waals surface area (Å²) in [6.07, 6.45) is 0. The molecule has 4 nitrogen and oxygen atoms in total. The van der Waals surface area contributed by atoms with Gasteiger partial charge < -0.3 is 0 Å². The second-order valence-electron chi connectivity index (χ2n) is 8.33. The Morgan fingerprint density at radius 1 is 0.931 bits per heavy atom. The summed E-state index contributed by atoms with van der Waals surface area (Å²) in [4.78, 5) is 27.9. The zero-order chi connectivity index (χ0) is 21.6. The number of nitrogens with zero attached hydrogens (tertiary/aromatic N) is 1. The van der Waals surface area contributed by atoms with E-state index >= 15 is 0 Å². The van der Waals surface area contributed by atoms with Crippen LogP contribution in [0, 0.1) is 0 Å². The molecular weight excluding hydrogens is 427 g/mol. The van der Waals surface area contributed by atoms with Crippen molar-refractivity contribution in [3.05, 3.63) is 66.2 Å². The molecule has 0 spiro atoms. The number of amides is 2. The van der Waals surface area contributed by atoms with Crippen LogP contribution in [0.5, 0.6) is 0 Å². The van der Waals surface area contributed by atoms with Gasteiger partial charge in [-0.15, -0.1) is 0 Å². The molecule has 0 bridgehead atoms. The predicted octanol–water partition coefficient (Wildman–Crippen LogP) is 3.72. The average molecular weight is 459 g/mol. The van der Waals surface area contributed by atoms with Crippen molar-refractivity contribution in [2.75, 3.05) is 0 Å². The molecule has 2 rings (SSSR count). The molecule has 0 heterocycles. The maximum atomic E-state index is 13.4. The monoisotopic (exact) mass is 460 g/mol. The molecule has 0 saturated carbocycles. The summed E-state index contributed by atoms with van der Waals surface area (Å²) in [5.41, 5.74) is 0.656. The van der Waals surface area contributed by atoms with Gasteiger partial charge in [0.05, 0.1) is 0 Å². The Morgan fingerprint density at radius 2 is 1.45 bits per heavy atom. The molecule has 0 saturated heterocycles. The van der Waals surface area contributed by atoms with Gasteiger partial charge in [0.15, 0.2) is 0 Å². The fourth-order valence-corrected chi connectivity index (χ4v) is 5.75. The first-order valence-electron chi connectivity index (χ1n) is 9.97. The molecule has 1 N–H and O–H groups in total. The maximum absolute atomic E-state index is 13.4. The summed E-state index contributed by atoms with van der Waals surface area (Å²) in [5.74, 6) is -0.188. The minimum atomic E-state index is -0.540. The molecule has 2 amide bonds. The van der Waals surface area contributed by atoms with Crippen molar-refractivity contribution in [2.24, 2.45) is 0 Å². The van der Waals surface area contributed by atoms with E-state index in [0.29, 0.717) is 0 Å². The first-order valence-corrected chi connectivity index (χ1v) is 11.8. The van der Waals surface area contributed by atoms with Gasteiger partial charge in [0, 0.05) is 0 Å². The van der Waals surface area contributed by atoms with Crippen molar-refractivity contribution in [2.45, 2.75) is 64.0 Å². The Balaban J connectivity index is 2.41. The number of carbonyl (C=O) groups is 2. The van der Waals surface area contributed by atoms with Crippen LogP contribution in [0.3, 0.4) is 0 Å². The summed E-state index contributed by atoms with van der Waals surface area (Å²) in [6, 6.07) is 19.4. The Morgan fingerprint density at radius 3 is 1.93 bits per heavy atom. The predicted molar refractivity (Wildman–Crippen MR) is 120 cm³/mol. The van der Waals surface area contributed by atoms with Gasteiger partial charge in [-0.1, -0.05) is 0 Å². The number of benzene rings is 2. The minimum absolute atomic E-state index is 0.0160. The van der Waals surface area contributed by atoms with E-state index in [2.05, 4.69) is 24.4 Å². The normalized spacial score (nSPS) is 14.6. The third-order valence-corrected chi connectivity index (χ3v) is 7.10. The van der Waals surface area contributed by atoms with Crippen LogP contribution in [0.25, 0.3) is 0 Å². The number of carbonyl (C=O) groups excluding carboxylic acids is 2.